The lowest BCUT2D eigenvalue weighted by Gasteiger charge is -2.10. The first-order chi connectivity index (χ1) is 11.8. The maximum atomic E-state index is 12.0. The van der Waals surface area contributed by atoms with Gasteiger partial charge in [-0.15, -0.1) is 10.2 Å². The van der Waals surface area contributed by atoms with Crippen molar-refractivity contribution in [3.05, 3.63) is 60.8 Å². The van der Waals surface area contributed by atoms with Gasteiger partial charge >= 0.3 is 0 Å². The van der Waals surface area contributed by atoms with E-state index in [0.29, 0.717) is 11.5 Å². The molecule has 1 N–H and O–H groups in total. The zero-order valence-corrected chi connectivity index (χ0v) is 13.2. The maximum Gasteiger partial charge on any atom is 0.262 e. The van der Waals surface area contributed by atoms with Crippen LogP contribution < -0.4 is 10.1 Å². The maximum absolute atomic E-state index is 12.0. The molecule has 0 radical (unpaired) electrons. The number of carbonyl (C=O) groups is 1. The van der Waals surface area contributed by atoms with Gasteiger partial charge < -0.3 is 10.1 Å². The Morgan fingerprint density at radius 3 is 2.67 bits per heavy atom. The number of nitrogens with zero attached hydrogens (tertiary/aromatic N) is 4. The molecule has 0 fully saturated rings. The number of ether oxygens (including phenoxy) is 1. The third-order valence-corrected chi connectivity index (χ3v) is 3.43. The van der Waals surface area contributed by atoms with E-state index in [1.807, 2.05) is 31.2 Å². The van der Waals surface area contributed by atoms with E-state index in [4.69, 9.17) is 4.74 Å². The highest BCUT2D eigenvalue weighted by molar-refractivity contribution is 5.91. The molecule has 2 heterocycles. The minimum Gasteiger partial charge on any atom is -0.483 e. The Balaban J connectivity index is 1.57. The van der Waals surface area contributed by atoms with Crippen molar-refractivity contribution in [3.8, 4) is 11.6 Å². The third kappa shape index (κ3) is 3.75. The van der Waals surface area contributed by atoms with E-state index in [1.165, 1.54) is 0 Å². The lowest BCUT2D eigenvalue weighted by molar-refractivity contribution is -0.118. The normalized spacial score (nSPS) is 10.4. The molecular formula is C17H17N5O2. The molecule has 122 valence electrons. The van der Waals surface area contributed by atoms with E-state index in [1.54, 1.807) is 35.6 Å². The van der Waals surface area contributed by atoms with Crippen LogP contribution in [-0.2, 0) is 11.2 Å². The zero-order chi connectivity index (χ0) is 16.8. The highest BCUT2D eigenvalue weighted by atomic mass is 16.5. The zero-order valence-electron chi connectivity index (χ0n) is 13.2. The topological polar surface area (TPSA) is 81.9 Å². The average molecular weight is 323 g/mol. The van der Waals surface area contributed by atoms with E-state index < -0.39 is 0 Å². The molecule has 0 spiro atoms. The van der Waals surface area contributed by atoms with E-state index >= 15 is 0 Å². The first kappa shape index (κ1) is 15.7. The molecule has 1 amide bonds. The highest BCUT2D eigenvalue weighted by Gasteiger charge is 2.07. The van der Waals surface area contributed by atoms with Crippen molar-refractivity contribution in [1.82, 2.24) is 19.7 Å². The van der Waals surface area contributed by atoms with Gasteiger partial charge in [-0.25, -0.2) is 4.98 Å². The molecular weight excluding hydrogens is 306 g/mol. The predicted molar refractivity (Wildman–Crippen MR) is 89.1 cm³/mol. The number of anilines is 1. The Kier molecular flexibility index (Phi) is 4.81. The van der Waals surface area contributed by atoms with E-state index in [0.717, 1.165) is 17.7 Å². The number of hydrogen-bond acceptors (Lipinski definition) is 5. The number of carbonyl (C=O) groups excluding carboxylic acids is 1. The number of benzene rings is 1. The van der Waals surface area contributed by atoms with Crippen molar-refractivity contribution in [1.29, 1.82) is 0 Å². The SMILES string of the molecule is CCc1ccccc1OCC(=O)Nc1ccc(-n2cnnc2)nc1. The number of nitrogens with one attached hydrogen (secondary N) is 1. The lowest BCUT2D eigenvalue weighted by Crippen LogP contribution is -2.20. The van der Waals surface area contributed by atoms with Crippen LogP contribution in [0.5, 0.6) is 5.75 Å². The second kappa shape index (κ2) is 7.36. The molecule has 0 saturated carbocycles. The number of para-hydroxylation sites is 1. The second-order valence-electron chi connectivity index (χ2n) is 5.07. The molecule has 0 bridgehead atoms. The van der Waals surface area contributed by atoms with Crippen molar-refractivity contribution in [3.63, 3.8) is 0 Å². The van der Waals surface area contributed by atoms with Gasteiger partial charge in [-0.05, 0) is 30.2 Å². The van der Waals surface area contributed by atoms with Crippen LogP contribution in [0, 0.1) is 0 Å². The Hall–Kier alpha value is -3.22. The van der Waals surface area contributed by atoms with Gasteiger partial charge in [0.25, 0.3) is 5.91 Å². The van der Waals surface area contributed by atoms with Gasteiger partial charge in [0, 0.05) is 0 Å². The summed E-state index contributed by atoms with van der Waals surface area (Å²) >= 11 is 0. The molecule has 3 rings (SSSR count). The first-order valence-electron chi connectivity index (χ1n) is 7.58. The summed E-state index contributed by atoms with van der Waals surface area (Å²) in [5, 5.41) is 10.2. The van der Waals surface area contributed by atoms with Gasteiger partial charge in [0.15, 0.2) is 6.61 Å². The fourth-order valence-corrected chi connectivity index (χ4v) is 2.21. The number of aromatic nitrogens is 4. The Morgan fingerprint density at radius 2 is 1.96 bits per heavy atom. The molecule has 0 aliphatic carbocycles. The van der Waals surface area contributed by atoms with Crippen molar-refractivity contribution in [2.45, 2.75) is 13.3 Å². The molecule has 0 saturated heterocycles. The average Bonchev–Trinajstić information content (AvgIpc) is 3.15. The van der Waals surface area contributed by atoms with E-state index in [-0.39, 0.29) is 12.5 Å². The lowest BCUT2D eigenvalue weighted by atomic mass is 10.1. The van der Waals surface area contributed by atoms with Gasteiger partial charge in [-0.2, -0.15) is 0 Å². The van der Waals surface area contributed by atoms with Crippen LogP contribution in [0.4, 0.5) is 5.69 Å². The van der Waals surface area contributed by atoms with Crippen LogP contribution in [-0.4, -0.2) is 32.3 Å². The molecule has 0 atom stereocenters. The summed E-state index contributed by atoms with van der Waals surface area (Å²) in [5.74, 6) is 1.17. The van der Waals surface area contributed by atoms with Crippen LogP contribution in [0.3, 0.4) is 0 Å². The first-order valence-corrected chi connectivity index (χ1v) is 7.58. The van der Waals surface area contributed by atoms with Crippen LogP contribution in [0.15, 0.2) is 55.2 Å². The van der Waals surface area contributed by atoms with Crippen molar-refractivity contribution in [2.75, 3.05) is 11.9 Å². The number of aryl methyl sites for hydroxylation is 1. The summed E-state index contributed by atoms with van der Waals surface area (Å²) in [5.41, 5.74) is 1.68. The number of amides is 1. The summed E-state index contributed by atoms with van der Waals surface area (Å²) in [6.07, 6.45) is 5.54. The van der Waals surface area contributed by atoms with E-state index in [2.05, 4.69) is 20.5 Å². The molecule has 0 aliphatic heterocycles. The number of rotatable bonds is 6. The molecule has 24 heavy (non-hydrogen) atoms. The second-order valence-corrected chi connectivity index (χ2v) is 5.07. The molecule has 7 nitrogen and oxygen atoms in total. The number of hydrogen-bond donors (Lipinski definition) is 1. The van der Waals surface area contributed by atoms with Crippen molar-refractivity contribution < 1.29 is 9.53 Å². The van der Waals surface area contributed by atoms with Crippen molar-refractivity contribution >= 4 is 11.6 Å². The molecule has 0 aliphatic rings. The molecule has 2 aromatic heterocycles. The monoisotopic (exact) mass is 323 g/mol. The quantitative estimate of drug-likeness (QED) is 0.752. The summed E-state index contributed by atoms with van der Waals surface area (Å²) < 4.78 is 7.27. The van der Waals surface area contributed by atoms with Gasteiger partial charge in [-0.1, -0.05) is 25.1 Å². The number of pyridine rings is 1. The summed E-state index contributed by atoms with van der Waals surface area (Å²) in [7, 11) is 0. The van der Waals surface area contributed by atoms with Gasteiger partial charge in [0.1, 0.15) is 24.2 Å². The highest BCUT2D eigenvalue weighted by Crippen LogP contribution is 2.18. The summed E-state index contributed by atoms with van der Waals surface area (Å²) in [4.78, 5) is 16.3. The fraction of sp³-hybridized carbons (Fsp3) is 0.176. The van der Waals surface area contributed by atoms with E-state index in [9.17, 15) is 4.79 Å². The minimum absolute atomic E-state index is 0.0514. The molecule has 7 heteroatoms. The van der Waals surface area contributed by atoms with Gasteiger partial charge in [-0.3, -0.25) is 9.36 Å². The van der Waals surface area contributed by atoms with Gasteiger partial charge in [0.2, 0.25) is 0 Å². The van der Waals surface area contributed by atoms with Crippen LogP contribution in [0.1, 0.15) is 12.5 Å². The fourth-order valence-electron chi connectivity index (χ4n) is 2.21. The predicted octanol–water partition coefficient (Wildman–Crippen LogP) is 2.24. The largest absolute Gasteiger partial charge is 0.483 e. The van der Waals surface area contributed by atoms with Crippen LogP contribution in [0.25, 0.3) is 5.82 Å². The van der Waals surface area contributed by atoms with Gasteiger partial charge in [0.05, 0.1) is 11.9 Å². The standard InChI is InChI=1S/C17H17N5O2/c1-2-13-5-3-4-6-15(13)24-10-17(23)21-14-7-8-16(18-9-14)22-11-19-20-12-22/h3-9,11-12H,2,10H2,1H3,(H,21,23). The minimum atomic E-state index is -0.236. The van der Waals surface area contributed by atoms with Crippen LogP contribution >= 0.6 is 0 Å². The Labute approximate surface area is 139 Å². The summed E-state index contributed by atoms with van der Waals surface area (Å²) in [6, 6.07) is 11.2. The Bertz CT molecular complexity index is 800. The van der Waals surface area contributed by atoms with Crippen LogP contribution in [0.2, 0.25) is 0 Å². The smallest absolute Gasteiger partial charge is 0.262 e. The Morgan fingerprint density at radius 1 is 1.17 bits per heavy atom. The van der Waals surface area contributed by atoms with Crippen molar-refractivity contribution in [2.24, 2.45) is 0 Å². The third-order valence-electron chi connectivity index (χ3n) is 3.43. The molecule has 1 aromatic carbocycles. The molecule has 3 aromatic rings. The summed E-state index contributed by atoms with van der Waals surface area (Å²) in [6.45, 7) is 2.00. The molecule has 0 unspecified atom stereocenters.